The Hall–Kier alpha value is -3.11. The SMILES string of the molecule is CC(=O)N(O)CCCCCCC(=O)CCC(=O)N(O)CCCCCNC(=O)CCC(=O)N(O)CCCCCNC(=O)CCC(=O)O.[Fe]. The predicted octanol–water partition coefficient (Wildman–Crippen LogP) is 2.18. The van der Waals surface area contributed by atoms with Gasteiger partial charge in [-0.1, -0.05) is 12.8 Å². The molecule has 272 valence electrons. The average Bonchev–Trinajstić information content (AvgIpc) is 3.01. The van der Waals surface area contributed by atoms with Crippen molar-refractivity contribution in [2.75, 3.05) is 32.7 Å². The van der Waals surface area contributed by atoms with Crippen LogP contribution in [0.1, 0.15) is 116 Å². The molecule has 0 aliphatic heterocycles. The number of amides is 5. The van der Waals surface area contributed by atoms with Gasteiger partial charge in [0.15, 0.2) is 0 Å². The number of aliphatic carboxylic acids is 1. The van der Waals surface area contributed by atoms with Gasteiger partial charge in [0.25, 0.3) is 0 Å². The maximum Gasteiger partial charge on any atom is 0.303 e. The van der Waals surface area contributed by atoms with Gasteiger partial charge >= 0.3 is 5.97 Å². The Morgan fingerprint density at radius 2 is 0.894 bits per heavy atom. The molecule has 0 saturated heterocycles. The quantitative estimate of drug-likeness (QED) is 0.0297. The van der Waals surface area contributed by atoms with Crippen LogP contribution in [0.3, 0.4) is 0 Å². The van der Waals surface area contributed by atoms with E-state index in [9.17, 15) is 49.2 Å². The summed E-state index contributed by atoms with van der Waals surface area (Å²) in [4.78, 5) is 80.8. The fourth-order valence-corrected chi connectivity index (χ4v) is 4.17. The van der Waals surface area contributed by atoms with Crippen molar-refractivity contribution in [2.45, 2.75) is 116 Å². The second-order valence-corrected chi connectivity index (χ2v) is 11.1. The van der Waals surface area contributed by atoms with Gasteiger partial charge in [-0.2, -0.15) is 0 Å². The zero-order valence-corrected chi connectivity index (χ0v) is 28.5. The van der Waals surface area contributed by atoms with E-state index in [1.165, 1.54) is 6.92 Å². The van der Waals surface area contributed by atoms with Crippen LogP contribution in [0.5, 0.6) is 0 Å². The number of ketones is 1. The van der Waals surface area contributed by atoms with Gasteiger partial charge in [0.05, 0.1) is 6.42 Å². The van der Waals surface area contributed by atoms with E-state index in [2.05, 4.69) is 10.6 Å². The topological polar surface area (TPSA) is 234 Å². The van der Waals surface area contributed by atoms with Crippen molar-refractivity contribution in [2.24, 2.45) is 0 Å². The van der Waals surface area contributed by atoms with Gasteiger partial charge in [-0.3, -0.25) is 49.2 Å². The predicted molar refractivity (Wildman–Crippen MR) is 163 cm³/mol. The van der Waals surface area contributed by atoms with Gasteiger partial charge in [-0.25, -0.2) is 15.2 Å². The molecule has 16 nitrogen and oxygen atoms in total. The van der Waals surface area contributed by atoms with Gasteiger partial charge in [0.2, 0.25) is 29.5 Å². The molecule has 0 unspecified atom stereocenters. The zero-order valence-electron chi connectivity index (χ0n) is 27.4. The number of nitrogens with zero attached hydrogens (tertiary/aromatic N) is 3. The van der Waals surface area contributed by atoms with Crippen LogP contribution in [-0.4, -0.2) is 110 Å². The number of hydrogen-bond acceptors (Lipinski definition) is 10. The molecule has 6 N–H and O–H groups in total. The van der Waals surface area contributed by atoms with Crippen molar-refractivity contribution in [1.29, 1.82) is 0 Å². The molecule has 0 bridgehead atoms. The summed E-state index contributed by atoms with van der Waals surface area (Å²) in [6, 6.07) is 0. The Bertz CT molecular complexity index is 971. The van der Waals surface area contributed by atoms with Crippen LogP contribution in [0, 0.1) is 0 Å². The number of rotatable bonds is 28. The molecule has 0 fully saturated rings. The van der Waals surface area contributed by atoms with Crippen LogP contribution < -0.4 is 10.6 Å². The number of unbranched alkanes of at least 4 members (excludes halogenated alkanes) is 7. The van der Waals surface area contributed by atoms with Crippen molar-refractivity contribution in [3.05, 3.63) is 0 Å². The van der Waals surface area contributed by atoms with E-state index in [-0.39, 0.29) is 92.8 Å². The van der Waals surface area contributed by atoms with E-state index in [0.29, 0.717) is 86.1 Å². The molecule has 47 heavy (non-hydrogen) atoms. The molecule has 0 heterocycles. The van der Waals surface area contributed by atoms with Gasteiger partial charge in [0.1, 0.15) is 5.78 Å². The van der Waals surface area contributed by atoms with E-state index < -0.39 is 23.7 Å². The Balaban J connectivity index is 0. The Labute approximate surface area is 286 Å². The number of carboxylic acids is 1. The van der Waals surface area contributed by atoms with E-state index in [4.69, 9.17) is 5.11 Å². The third kappa shape index (κ3) is 27.7. The molecule has 0 rings (SSSR count). The van der Waals surface area contributed by atoms with E-state index in [1.807, 2.05) is 0 Å². The first kappa shape index (κ1) is 46.0. The van der Waals surface area contributed by atoms with Gasteiger partial charge in [-0.15, -0.1) is 0 Å². The number of carboxylic acid groups (broad SMARTS) is 1. The van der Waals surface area contributed by atoms with Crippen LogP contribution in [0.25, 0.3) is 0 Å². The number of Topliss-reactive ketones (excluding diaryl/α,β-unsaturated/α-hetero) is 1. The Kier molecular flexibility index (Phi) is 28.4. The smallest absolute Gasteiger partial charge is 0.303 e. The summed E-state index contributed by atoms with van der Waals surface area (Å²) in [5.74, 6) is -3.31. The maximum atomic E-state index is 12.1. The van der Waals surface area contributed by atoms with Crippen molar-refractivity contribution in [3.8, 4) is 0 Å². The third-order valence-electron chi connectivity index (χ3n) is 7.00. The molecular weight excluding hydrogens is 662 g/mol. The van der Waals surface area contributed by atoms with Crippen molar-refractivity contribution < 1.29 is 71.4 Å². The van der Waals surface area contributed by atoms with Crippen LogP contribution >= 0.6 is 0 Å². The molecule has 0 aliphatic carbocycles. The zero-order chi connectivity index (χ0) is 34.7. The average molecular weight is 716 g/mol. The van der Waals surface area contributed by atoms with Gasteiger partial charge in [0, 0.05) is 95.2 Å². The molecule has 17 heteroatoms. The summed E-state index contributed by atoms with van der Waals surface area (Å²) < 4.78 is 0. The van der Waals surface area contributed by atoms with Crippen LogP contribution in [0.15, 0.2) is 0 Å². The molecule has 0 atom stereocenters. The monoisotopic (exact) mass is 715 g/mol. The summed E-state index contributed by atoms with van der Waals surface area (Å²) in [6.45, 7) is 2.44. The molecule has 0 saturated carbocycles. The minimum absolute atomic E-state index is 0. The number of carbonyl (C=O) groups excluding carboxylic acids is 6. The van der Waals surface area contributed by atoms with Crippen LogP contribution in [0.4, 0.5) is 0 Å². The normalized spacial score (nSPS) is 10.4. The second kappa shape index (κ2) is 29.1. The molecule has 0 aromatic heterocycles. The first-order valence-corrected chi connectivity index (χ1v) is 16.1. The molecule has 0 aliphatic rings. The van der Waals surface area contributed by atoms with E-state index in [1.54, 1.807) is 0 Å². The Morgan fingerprint density at radius 3 is 1.36 bits per heavy atom. The standard InChI is InChI=1S/C30H53N5O11.Fe/c1-24(36)33(44)21-9-3-2-6-12-25(37)13-16-28(40)34(45)22-10-4-7-19-31-26(38)14-17-29(41)35(46)23-11-5-8-20-32-27(39)15-18-30(42)43;/h44-46H,2-23H2,1H3,(H,31,38)(H,32,39)(H,42,43);. The summed E-state index contributed by atoms with van der Waals surface area (Å²) in [5.41, 5.74) is 0. The molecular formula is C30H53FeN5O11. The van der Waals surface area contributed by atoms with Crippen molar-refractivity contribution in [3.63, 3.8) is 0 Å². The molecule has 5 amide bonds. The summed E-state index contributed by atoms with van der Waals surface area (Å²) >= 11 is 0. The number of hydroxylamine groups is 6. The first-order chi connectivity index (χ1) is 21.8. The fraction of sp³-hybridized carbons (Fsp3) is 0.767. The van der Waals surface area contributed by atoms with Crippen molar-refractivity contribution >= 4 is 41.3 Å². The number of nitrogens with one attached hydrogen (secondary N) is 2. The third-order valence-corrected chi connectivity index (χ3v) is 7.00. The van der Waals surface area contributed by atoms with Crippen molar-refractivity contribution in [1.82, 2.24) is 25.8 Å². The summed E-state index contributed by atoms with van der Waals surface area (Å²) in [6.07, 6.45) is 6.01. The minimum atomic E-state index is -1.04. The van der Waals surface area contributed by atoms with E-state index in [0.717, 1.165) is 12.8 Å². The first-order valence-electron chi connectivity index (χ1n) is 16.1. The van der Waals surface area contributed by atoms with Gasteiger partial charge in [-0.05, 0) is 51.4 Å². The van der Waals surface area contributed by atoms with Gasteiger partial charge < -0.3 is 15.7 Å². The number of hydrogen-bond donors (Lipinski definition) is 6. The molecule has 0 aromatic rings. The minimum Gasteiger partial charge on any atom is -0.481 e. The summed E-state index contributed by atoms with van der Waals surface area (Å²) in [7, 11) is 0. The largest absolute Gasteiger partial charge is 0.481 e. The van der Waals surface area contributed by atoms with E-state index >= 15 is 0 Å². The summed E-state index contributed by atoms with van der Waals surface area (Å²) in [5, 5.41) is 44.7. The maximum absolute atomic E-state index is 12.1. The molecule has 0 spiro atoms. The second-order valence-electron chi connectivity index (χ2n) is 11.1. The molecule has 0 radical (unpaired) electrons. The molecule has 0 aromatic carbocycles. The van der Waals surface area contributed by atoms with Crippen LogP contribution in [-0.2, 0) is 50.6 Å². The number of carbonyl (C=O) groups is 7. The van der Waals surface area contributed by atoms with Crippen LogP contribution in [0.2, 0.25) is 0 Å². The fourth-order valence-electron chi connectivity index (χ4n) is 4.17. The Morgan fingerprint density at radius 1 is 0.489 bits per heavy atom.